The Balaban J connectivity index is 1.66. The largest absolute Gasteiger partial charge is 0.348 e. The third-order valence-electron chi connectivity index (χ3n) is 4.28. The van der Waals surface area contributed by atoms with Crippen LogP contribution < -0.4 is 0 Å². The summed E-state index contributed by atoms with van der Waals surface area (Å²) in [6.07, 6.45) is 3.34. The molecular formula is C12H21NO4S. The van der Waals surface area contributed by atoms with Gasteiger partial charge in [-0.3, -0.25) is 0 Å². The van der Waals surface area contributed by atoms with Crippen LogP contribution in [0.25, 0.3) is 0 Å². The number of sulfonamides is 1. The maximum absolute atomic E-state index is 12.0. The van der Waals surface area contributed by atoms with Crippen molar-refractivity contribution in [2.24, 2.45) is 5.92 Å². The van der Waals surface area contributed by atoms with E-state index in [1.165, 1.54) is 0 Å². The molecule has 1 spiro atoms. The van der Waals surface area contributed by atoms with E-state index < -0.39 is 15.8 Å². The van der Waals surface area contributed by atoms with Gasteiger partial charge in [0.1, 0.15) is 0 Å². The predicted octanol–water partition coefficient (Wildman–Crippen LogP) is 0.954. The van der Waals surface area contributed by atoms with Crippen molar-refractivity contribution in [1.82, 2.24) is 4.31 Å². The van der Waals surface area contributed by atoms with Gasteiger partial charge in [0.15, 0.2) is 5.79 Å². The lowest BCUT2D eigenvalue weighted by Crippen LogP contribution is -2.44. The predicted molar refractivity (Wildman–Crippen MR) is 66.5 cm³/mol. The molecule has 5 nitrogen and oxygen atoms in total. The number of hydrogen-bond acceptors (Lipinski definition) is 4. The molecule has 0 bridgehead atoms. The van der Waals surface area contributed by atoms with Crippen molar-refractivity contribution >= 4 is 10.0 Å². The molecule has 0 radical (unpaired) electrons. The minimum atomic E-state index is -3.02. The van der Waals surface area contributed by atoms with Crippen molar-refractivity contribution in [3.05, 3.63) is 0 Å². The minimum absolute atomic E-state index is 0.151. The quantitative estimate of drug-likeness (QED) is 0.715. The molecule has 0 aromatic carbocycles. The van der Waals surface area contributed by atoms with Crippen LogP contribution in [0.2, 0.25) is 0 Å². The van der Waals surface area contributed by atoms with E-state index in [1.54, 1.807) is 4.31 Å². The summed E-state index contributed by atoms with van der Waals surface area (Å²) in [6.45, 7) is 4.03. The summed E-state index contributed by atoms with van der Waals surface area (Å²) in [7, 11) is -3.02. The SMILES string of the molecule is CC1CN(C2CCC3(CC2)OCCO3)S(=O)(=O)C1. The summed E-state index contributed by atoms with van der Waals surface area (Å²) in [5, 5.41) is 0. The summed E-state index contributed by atoms with van der Waals surface area (Å²) in [5.74, 6) is 0.164. The van der Waals surface area contributed by atoms with E-state index in [4.69, 9.17) is 9.47 Å². The molecule has 2 saturated heterocycles. The molecule has 0 aromatic heterocycles. The lowest BCUT2D eigenvalue weighted by molar-refractivity contribution is -0.181. The Hall–Kier alpha value is -0.170. The van der Waals surface area contributed by atoms with Crippen LogP contribution in [0.5, 0.6) is 0 Å². The van der Waals surface area contributed by atoms with Crippen LogP contribution in [-0.4, -0.2) is 50.1 Å². The molecule has 3 rings (SSSR count). The zero-order chi connectivity index (χ0) is 12.8. The number of rotatable bonds is 1. The maximum Gasteiger partial charge on any atom is 0.214 e. The molecular weight excluding hydrogens is 254 g/mol. The van der Waals surface area contributed by atoms with Gasteiger partial charge in [0, 0.05) is 25.4 Å². The minimum Gasteiger partial charge on any atom is -0.348 e. The highest BCUT2D eigenvalue weighted by Crippen LogP contribution is 2.39. The molecule has 1 saturated carbocycles. The lowest BCUT2D eigenvalue weighted by Gasteiger charge is -2.38. The fraction of sp³-hybridized carbons (Fsp3) is 1.00. The monoisotopic (exact) mass is 275 g/mol. The summed E-state index contributed by atoms with van der Waals surface area (Å²) in [5.41, 5.74) is 0. The van der Waals surface area contributed by atoms with Crippen molar-refractivity contribution in [1.29, 1.82) is 0 Å². The highest BCUT2D eigenvalue weighted by atomic mass is 32.2. The Morgan fingerprint density at radius 1 is 1.17 bits per heavy atom. The van der Waals surface area contributed by atoms with Crippen molar-refractivity contribution in [3.63, 3.8) is 0 Å². The molecule has 0 aromatic rings. The van der Waals surface area contributed by atoms with Gasteiger partial charge in [-0.15, -0.1) is 0 Å². The van der Waals surface area contributed by atoms with E-state index in [9.17, 15) is 8.42 Å². The van der Waals surface area contributed by atoms with Gasteiger partial charge in [0.25, 0.3) is 0 Å². The second-order valence-electron chi connectivity index (χ2n) is 5.79. The molecule has 0 N–H and O–H groups in total. The first-order valence-corrected chi connectivity index (χ1v) is 8.39. The summed E-state index contributed by atoms with van der Waals surface area (Å²) in [6, 6.07) is 0.151. The van der Waals surface area contributed by atoms with Gasteiger partial charge >= 0.3 is 0 Å². The van der Waals surface area contributed by atoms with E-state index in [0.29, 0.717) is 25.5 Å². The van der Waals surface area contributed by atoms with E-state index in [0.717, 1.165) is 25.7 Å². The fourth-order valence-corrected chi connectivity index (χ4v) is 5.58. The topological polar surface area (TPSA) is 55.8 Å². The van der Waals surface area contributed by atoms with Gasteiger partial charge in [0.05, 0.1) is 19.0 Å². The van der Waals surface area contributed by atoms with Crippen LogP contribution in [0.15, 0.2) is 0 Å². The number of ether oxygens (including phenoxy) is 2. The maximum atomic E-state index is 12.0. The summed E-state index contributed by atoms with van der Waals surface area (Å²) >= 11 is 0. The fourth-order valence-electron chi connectivity index (χ4n) is 3.42. The molecule has 3 aliphatic rings. The first kappa shape index (κ1) is 12.8. The molecule has 1 aliphatic carbocycles. The number of nitrogens with zero attached hydrogens (tertiary/aromatic N) is 1. The van der Waals surface area contributed by atoms with E-state index in [-0.39, 0.29) is 12.0 Å². The summed E-state index contributed by atoms with van der Waals surface area (Å²) in [4.78, 5) is 0. The second kappa shape index (κ2) is 4.44. The molecule has 1 atom stereocenters. The smallest absolute Gasteiger partial charge is 0.214 e. The Morgan fingerprint density at radius 2 is 1.78 bits per heavy atom. The molecule has 104 valence electrons. The van der Waals surface area contributed by atoms with Crippen LogP contribution in [0.1, 0.15) is 32.6 Å². The van der Waals surface area contributed by atoms with Gasteiger partial charge in [0.2, 0.25) is 10.0 Å². The first-order valence-electron chi connectivity index (χ1n) is 6.78. The molecule has 0 amide bonds. The Kier molecular flexibility index (Phi) is 3.17. The third kappa shape index (κ3) is 2.19. The van der Waals surface area contributed by atoms with Gasteiger partial charge in [-0.25, -0.2) is 8.42 Å². The van der Waals surface area contributed by atoms with Gasteiger partial charge in [-0.05, 0) is 18.8 Å². The van der Waals surface area contributed by atoms with E-state index >= 15 is 0 Å². The van der Waals surface area contributed by atoms with Crippen molar-refractivity contribution in [2.45, 2.75) is 44.4 Å². The van der Waals surface area contributed by atoms with Crippen LogP contribution in [0.4, 0.5) is 0 Å². The van der Waals surface area contributed by atoms with Gasteiger partial charge in [-0.1, -0.05) is 6.92 Å². The normalized spacial score (nSPS) is 36.4. The van der Waals surface area contributed by atoms with Gasteiger partial charge in [-0.2, -0.15) is 4.31 Å². The van der Waals surface area contributed by atoms with Crippen molar-refractivity contribution in [3.8, 4) is 0 Å². The third-order valence-corrected chi connectivity index (χ3v) is 6.43. The molecule has 1 unspecified atom stereocenters. The summed E-state index contributed by atoms with van der Waals surface area (Å²) < 4.78 is 37.2. The Labute approximate surface area is 108 Å². The van der Waals surface area contributed by atoms with Crippen LogP contribution in [0.3, 0.4) is 0 Å². The lowest BCUT2D eigenvalue weighted by atomic mass is 9.90. The van der Waals surface area contributed by atoms with Crippen LogP contribution >= 0.6 is 0 Å². The molecule has 18 heavy (non-hydrogen) atoms. The molecule has 2 aliphatic heterocycles. The Bertz CT molecular complexity index is 406. The average molecular weight is 275 g/mol. The highest BCUT2D eigenvalue weighted by Gasteiger charge is 2.45. The Morgan fingerprint density at radius 3 is 2.28 bits per heavy atom. The zero-order valence-electron chi connectivity index (χ0n) is 10.8. The van der Waals surface area contributed by atoms with Crippen LogP contribution in [-0.2, 0) is 19.5 Å². The molecule has 3 fully saturated rings. The number of hydrogen-bond donors (Lipinski definition) is 0. The standard InChI is InChI=1S/C12H21NO4S/c1-10-8-13(18(14,15)9-10)11-2-4-12(5-3-11)16-6-7-17-12/h10-11H,2-9H2,1H3. The van der Waals surface area contributed by atoms with Crippen molar-refractivity contribution in [2.75, 3.05) is 25.5 Å². The van der Waals surface area contributed by atoms with Gasteiger partial charge < -0.3 is 9.47 Å². The second-order valence-corrected chi connectivity index (χ2v) is 7.76. The first-order chi connectivity index (χ1) is 8.51. The molecule has 6 heteroatoms. The van der Waals surface area contributed by atoms with Crippen molar-refractivity contribution < 1.29 is 17.9 Å². The molecule has 2 heterocycles. The van der Waals surface area contributed by atoms with Crippen LogP contribution in [0, 0.1) is 5.92 Å². The highest BCUT2D eigenvalue weighted by molar-refractivity contribution is 7.89. The average Bonchev–Trinajstić information content (AvgIpc) is 2.85. The van der Waals surface area contributed by atoms with E-state index in [1.807, 2.05) is 6.92 Å². The van der Waals surface area contributed by atoms with E-state index in [2.05, 4.69) is 0 Å². The zero-order valence-corrected chi connectivity index (χ0v) is 11.6.